The molecule has 3 atom stereocenters. The molecule has 3 aliphatic rings. The molecule has 176 valence electrons. The van der Waals surface area contributed by atoms with Gasteiger partial charge in [0.1, 0.15) is 18.0 Å². The molecule has 0 spiro atoms. The summed E-state index contributed by atoms with van der Waals surface area (Å²) in [4.78, 5) is 31.0. The number of nitrogens with one attached hydrogen (secondary N) is 3. The second-order valence-corrected chi connectivity index (χ2v) is 9.36. The Hall–Kier alpha value is -3.14. The first-order valence-electron chi connectivity index (χ1n) is 11.6. The monoisotopic (exact) mass is 454 g/mol. The van der Waals surface area contributed by atoms with Gasteiger partial charge in [-0.2, -0.15) is 5.10 Å². The Balaban J connectivity index is 1.10. The van der Waals surface area contributed by atoms with E-state index >= 15 is 0 Å². The van der Waals surface area contributed by atoms with E-state index in [2.05, 4.69) is 25.8 Å². The second-order valence-electron chi connectivity index (χ2n) is 9.36. The molecule has 1 saturated carbocycles. The van der Waals surface area contributed by atoms with E-state index in [1.165, 1.54) is 0 Å². The number of alkyl carbamates (subject to hydrolysis) is 1. The molecule has 3 N–H and O–H groups in total. The van der Waals surface area contributed by atoms with Crippen LogP contribution in [0.25, 0.3) is 0 Å². The Morgan fingerprint density at radius 1 is 1.39 bits per heavy atom. The minimum Gasteiger partial charge on any atom is -0.444 e. The summed E-state index contributed by atoms with van der Waals surface area (Å²) in [5, 5.41) is 13.2. The number of ether oxygens (including phenoxy) is 2. The third kappa shape index (κ3) is 5.11. The zero-order valence-electron chi connectivity index (χ0n) is 18.8. The van der Waals surface area contributed by atoms with Crippen LogP contribution in [0.1, 0.15) is 62.4 Å². The fourth-order valence-electron chi connectivity index (χ4n) is 4.48. The lowest BCUT2D eigenvalue weighted by atomic mass is 10.1. The topological polar surface area (TPSA) is 121 Å². The standard InChI is InChI=1S/C23H30N6O4/c1-23(6-7-23)26-22(31)33-16-10-19(32-14-16)17-11-20(28-27-17)25-13-21(30)29-9-3-5-18(29)15-4-2-8-24-12-15/h2,4,8,11-12,16,18-19H,3,5-7,9-10,13-14H2,1H3,(H,26,31)(H2,25,27,28)/t16-,18-,19-/m0/s1. The summed E-state index contributed by atoms with van der Waals surface area (Å²) >= 11 is 0. The zero-order valence-corrected chi connectivity index (χ0v) is 18.8. The van der Waals surface area contributed by atoms with Gasteiger partial charge in [-0.1, -0.05) is 6.07 Å². The number of amides is 2. The van der Waals surface area contributed by atoms with Gasteiger partial charge >= 0.3 is 6.09 Å². The van der Waals surface area contributed by atoms with Crippen molar-refractivity contribution in [2.24, 2.45) is 0 Å². The van der Waals surface area contributed by atoms with Crippen LogP contribution in [0.3, 0.4) is 0 Å². The maximum atomic E-state index is 12.8. The molecule has 0 bridgehead atoms. The lowest BCUT2D eigenvalue weighted by molar-refractivity contribution is -0.130. The van der Waals surface area contributed by atoms with Crippen molar-refractivity contribution in [1.29, 1.82) is 0 Å². The average Bonchev–Trinajstić information content (AvgIpc) is 3.27. The van der Waals surface area contributed by atoms with E-state index in [9.17, 15) is 9.59 Å². The van der Waals surface area contributed by atoms with Crippen molar-refractivity contribution in [3.8, 4) is 0 Å². The number of carbonyl (C=O) groups is 2. The molecule has 5 rings (SSSR count). The van der Waals surface area contributed by atoms with Crippen LogP contribution >= 0.6 is 0 Å². The lowest BCUT2D eigenvalue weighted by Crippen LogP contribution is -2.37. The van der Waals surface area contributed by atoms with Crippen molar-refractivity contribution in [2.75, 3.05) is 25.0 Å². The van der Waals surface area contributed by atoms with Crippen molar-refractivity contribution in [3.05, 3.63) is 41.9 Å². The summed E-state index contributed by atoms with van der Waals surface area (Å²) in [6.45, 7) is 3.27. The summed E-state index contributed by atoms with van der Waals surface area (Å²) in [5.74, 6) is 0.620. The maximum absolute atomic E-state index is 12.8. The van der Waals surface area contributed by atoms with Gasteiger partial charge in [0.15, 0.2) is 0 Å². The van der Waals surface area contributed by atoms with E-state index in [1.807, 2.05) is 36.2 Å². The third-order valence-electron chi connectivity index (χ3n) is 6.65. The van der Waals surface area contributed by atoms with E-state index in [-0.39, 0.29) is 42.3 Å². The number of hydrogen-bond donors (Lipinski definition) is 3. The Bertz CT molecular complexity index is 992. The van der Waals surface area contributed by atoms with Gasteiger partial charge < -0.3 is 25.0 Å². The quantitative estimate of drug-likeness (QED) is 0.588. The fourth-order valence-corrected chi connectivity index (χ4v) is 4.48. The van der Waals surface area contributed by atoms with Gasteiger partial charge in [-0.05, 0) is 44.2 Å². The first kappa shape index (κ1) is 21.7. The molecule has 3 fully saturated rings. The molecule has 0 aromatic carbocycles. The number of likely N-dealkylation sites (tertiary alicyclic amines) is 1. The average molecular weight is 455 g/mol. The molecule has 2 saturated heterocycles. The number of nitrogens with zero attached hydrogens (tertiary/aromatic N) is 3. The summed E-state index contributed by atoms with van der Waals surface area (Å²) in [7, 11) is 0. The lowest BCUT2D eigenvalue weighted by Gasteiger charge is -2.25. The number of carbonyl (C=O) groups excluding carboxylic acids is 2. The van der Waals surface area contributed by atoms with Gasteiger partial charge in [0.2, 0.25) is 5.91 Å². The van der Waals surface area contributed by atoms with Gasteiger partial charge in [-0.25, -0.2) is 4.79 Å². The largest absolute Gasteiger partial charge is 0.444 e. The molecule has 2 aliphatic heterocycles. The number of anilines is 1. The highest BCUT2D eigenvalue weighted by molar-refractivity contribution is 5.81. The van der Waals surface area contributed by atoms with Crippen LogP contribution in [0.15, 0.2) is 30.6 Å². The molecule has 2 aromatic heterocycles. The van der Waals surface area contributed by atoms with Crippen LogP contribution < -0.4 is 10.6 Å². The molecule has 2 amide bonds. The van der Waals surface area contributed by atoms with Crippen LogP contribution in [-0.2, 0) is 14.3 Å². The van der Waals surface area contributed by atoms with E-state index in [1.54, 1.807) is 6.20 Å². The molecule has 0 unspecified atom stereocenters. The number of hydrogen-bond acceptors (Lipinski definition) is 7. The molecule has 10 nitrogen and oxygen atoms in total. The Morgan fingerprint density at radius 2 is 2.27 bits per heavy atom. The SMILES string of the molecule is CC1(NC(=O)O[C@@H]2CO[C@H](c3cc(NCC(=O)N4CCC[C@H]4c4cccnc4)n[nH]3)C2)CC1. The van der Waals surface area contributed by atoms with Crippen LogP contribution in [0.5, 0.6) is 0 Å². The van der Waals surface area contributed by atoms with Crippen LogP contribution in [-0.4, -0.2) is 63.4 Å². The fraction of sp³-hybridized carbons (Fsp3) is 0.565. The van der Waals surface area contributed by atoms with E-state index in [0.29, 0.717) is 18.8 Å². The Kier molecular flexibility index (Phi) is 5.92. The van der Waals surface area contributed by atoms with Crippen molar-refractivity contribution in [3.63, 3.8) is 0 Å². The highest BCUT2D eigenvalue weighted by atomic mass is 16.6. The van der Waals surface area contributed by atoms with Gasteiger partial charge in [-0.15, -0.1) is 0 Å². The summed E-state index contributed by atoms with van der Waals surface area (Å²) in [6.07, 6.45) is 7.13. The van der Waals surface area contributed by atoms with Gasteiger partial charge in [0.05, 0.1) is 24.9 Å². The summed E-state index contributed by atoms with van der Waals surface area (Å²) in [6, 6.07) is 5.84. The van der Waals surface area contributed by atoms with Crippen molar-refractivity contribution in [1.82, 2.24) is 25.4 Å². The molecule has 1 aliphatic carbocycles. The molecule has 33 heavy (non-hydrogen) atoms. The zero-order chi connectivity index (χ0) is 22.8. The van der Waals surface area contributed by atoms with Crippen molar-refractivity contribution < 1.29 is 19.1 Å². The van der Waals surface area contributed by atoms with Crippen molar-refractivity contribution >= 4 is 17.8 Å². The van der Waals surface area contributed by atoms with Crippen molar-refractivity contribution in [2.45, 2.75) is 62.8 Å². The van der Waals surface area contributed by atoms with Crippen LogP contribution in [0, 0.1) is 0 Å². The Morgan fingerprint density at radius 3 is 3.06 bits per heavy atom. The van der Waals surface area contributed by atoms with E-state index < -0.39 is 0 Å². The number of aromatic nitrogens is 3. The number of aromatic amines is 1. The number of rotatable bonds is 7. The molecule has 4 heterocycles. The van der Waals surface area contributed by atoms with Crippen LogP contribution in [0.2, 0.25) is 0 Å². The molecular formula is C23H30N6O4. The van der Waals surface area contributed by atoms with E-state index in [0.717, 1.165) is 43.5 Å². The Labute approximate surface area is 192 Å². The van der Waals surface area contributed by atoms with Crippen LogP contribution in [0.4, 0.5) is 10.6 Å². The molecule has 10 heteroatoms. The minimum absolute atomic E-state index is 0.0341. The number of H-pyrrole nitrogens is 1. The highest BCUT2D eigenvalue weighted by Gasteiger charge is 2.40. The molecule has 0 radical (unpaired) electrons. The maximum Gasteiger partial charge on any atom is 0.407 e. The van der Waals surface area contributed by atoms with Gasteiger partial charge in [0.25, 0.3) is 0 Å². The summed E-state index contributed by atoms with van der Waals surface area (Å²) < 4.78 is 11.3. The van der Waals surface area contributed by atoms with Gasteiger partial charge in [0, 0.05) is 37.0 Å². The summed E-state index contributed by atoms with van der Waals surface area (Å²) in [5.41, 5.74) is 1.75. The number of pyridine rings is 1. The highest BCUT2D eigenvalue weighted by Crippen LogP contribution is 2.35. The first-order chi connectivity index (χ1) is 16.0. The molecular weight excluding hydrogens is 424 g/mol. The minimum atomic E-state index is -0.388. The molecule has 2 aromatic rings. The smallest absolute Gasteiger partial charge is 0.407 e. The predicted octanol–water partition coefficient (Wildman–Crippen LogP) is 2.69. The van der Waals surface area contributed by atoms with Gasteiger partial charge in [-0.3, -0.25) is 14.9 Å². The third-order valence-corrected chi connectivity index (χ3v) is 6.65. The van der Waals surface area contributed by atoms with E-state index in [4.69, 9.17) is 9.47 Å². The first-order valence-corrected chi connectivity index (χ1v) is 11.6. The second kappa shape index (κ2) is 9.01. The normalized spacial score (nSPS) is 25.6. The predicted molar refractivity (Wildman–Crippen MR) is 119 cm³/mol.